The average Bonchev–Trinajstić information content (AvgIpc) is 2.42. The van der Waals surface area contributed by atoms with Gasteiger partial charge in [0.1, 0.15) is 12.5 Å². The lowest BCUT2D eigenvalue weighted by Gasteiger charge is -2.33. The maximum absolute atomic E-state index is 13.8. The molecule has 0 bridgehead atoms. The third kappa shape index (κ3) is 4.74. The second-order valence-electron chi connectivity index (χ2n) is 4.42. The van der Waals surface area contributed by atoms with Crippen LogP contribution in [0.1, 0.15) is 11.6 Å². The number of hydrogen-bond acceptors (Lipinski definition) is 4. The van der Waals surface area contributed by atoms with Gasteiger partial charge in [0.25, 0.3) is 5.69 Å². The van der Waals surface area contributed by atoms with Crippen molar-refractivity contribution in [2.45, 2.75) is 6.04 Å². The Morgan fingerprint density at radius 3 is 2.48 bits per heavy atom. The molecule has 1 aromatic carbocycles. The van der Waals surface area contributed by atoms with E-state index < -0.39 is 23.5 Å². The number of nitrogens with zero attached hydrogens (tertiary/aromatic N) is 2. The van der Waals surface area contributed by atoms with Gasteiger partial charge in [0.2, 0.25) is 0 Å². The molecule has 0 amide bonds. The number of piperazine rings is 1. The highest BCUT2D eigenvalue weighted by Gasteiger charge is 2.26. The maximum atomic E-state index is 13.8. The Morgan fingerprint density at radius 1 is 1.33 bits per heavy atom. The maximum Gasteiger partial charge on any atom is 0.269 e. The van der Waals surface area contributed by atoms with Crippen LogP contribution in [0.5, 0.6) is 0 Å². The molecule has 1 saturated heterocycles. The van der Waals surface area contributed by atoms with Crippen molar-refractivity contribution in [1.82, 2.24) is 10.2 Å². The van der Waals surface area contributed by atoms with E-state index in [0.717, 1.165) is 18.2 Å². The number of benzene rings is 1. The van der Waals surface area contributed by atoms with Crippen LogP contribution in [0.15, 0.2) is 18.2 Å². The molecule has 2 rings (SSSR count). The zero-order valence-corrected chi connectivity index (χ0v) is 12.8. The van der Waals surface area contributed by atoms with E-state index in [9.17, 15) is 18.9 Å². The summed E-state index contributed by atoms with van der Waals surface area (Å²) in [7, 11) is 0. The van der Waals surface area contributed by atoms with E-state index in [4.69, 9.17) is 0 Å². The predicted molar refractivity (Wildman–Crippen MR) is 80.7 cm³/mol. The predicted octanol–water partition coefficient (Wildman–Crippen LogP) is 2.49. The molecule has 0 aliphatic carbocycles. The second kappa shape index (κ2) is 9.09. The van der Waals surface area contributed by atoms with Gasteiger partial charge in [-0.2, -0.15) is 0 Å². The Balaban J connectivity index is 0.00000200. The molecule has 1 N–H and O–H groups in total. The molecule has 1 fully saturated rings. The summed E-state index contributed by atoms with van der Waals surface area (Å²) in [4.78, 5) is 11.9. The minimum absolute atomic E-state index is 0. The van der Waals surface area contributed by atoms with Crippen LogP contribution < -0.4 is 5.32 Å². The first kappa shape index (κ1) is 20.0. The van der Waals surface area contributed by atoms with Crippen molar-refractivity contribution in [3.05, 3.63) is 39.7 Å². The Kier molecular flexibility index (Phi) is 8.65. The molecule has 1 aliphatic rings. The smallest absolute Gasteiger partial charge is 0.269 e. The molecule has 0 saturated carbocycles. The molecule has 1 atom stereocenters. The molecule has 21 heavy (non-hydrogen) atoms. The standard InChI is InChI=1S/C12H15F2N3O2.2ClH/c13-8-12(16-5-3-15-4-6-16)10-7-9(17(18)19)1-2-11(10)14;;/h1-2,7,12,15H,3-6,8H2;2*1H/t12-;;/m1../s1. The van der Waals surface area contributed by atoms with E-state index in [2.05, 4.69) is 5.32 Å². The van der Waals surface area contributed by atoms with Crippen LogP contribution in [0, 0.1) is 15.9 Å². The summed E-state index contributed by atoms with van der Waals surface area (Å²) in [6.07, 6.45) is 0. The van der Waals surface area contributed by atoms with Gasteiger partial charge < -0.3 is 5.32 Å². The Hall–Kier alpha value is -1.02. The number of halogens is 4. The molecule has 0 aromatic heterocycles. The summed E-state index contributed by atoms with van der Waals surface area (Å²) in [6, 6.07) is 2.48. The molecule has 0 spiro atoms. The first-order valence-corrected chi connectivity index (χ1v) is 6.08. The van der Waals surface area contributed by atoms with E-state index >= 15 is 0 Å². The number of non-ortho nitro benzene ring substituents is 1. The number of hydrogen-bond donors (Lipinski definition) is 1. The van der Waals surface area contributed by atoms with Crippen LogP contribution in [0.3, 0.4) is 0 Å². The number of rotatable bonds is 4. The zero-order chi connectivity index (χ0) is 13.8. The number of nitro groups is 1. The minimum atomic E-state index is -0.766. The van der Waals surface area contributed by atoms with Gasteiger partial charge >= 0.3 is 0 Å². The van der Waals surface area contributed by atoms with Crippen LogP contribution >= 0.6 is 24.8 Å². The quantitative estimate of drug-likeness (QED) is 0.674. The van der Waals surface area contributed by atoms with Crippen molar-refractivity contribution in [2.75, 3.05) is 32.9 Å². The fourth-order valence-corrected chi connectivity index (χ4v) is 2.27. The van der Waals surface area contributed by atoms with Gasteiger partial charge in [-0.25, -0.2) is 8.78 Å². The molecule has 0 radical (unpaired) electrons. The van der Waals surface area contributed by atoms with Crippen LogP contribution in [-0.2, 0) is 0 Å². The third-order valence-electron chi connectivity index (χ3n) is 3.29. The van der Waals surface area contributed by atoms with Gasteiger partial charge in [0.15, 0.2) is 0 Å². The first-order chi connectivity index (χ1) is 9.13. The van der Waals surface area contributed by atoms with Gasteiger partial charge in [0.05, 0.1) is 11.0 Å². The van der Waals surface area contributed by atoms with Gasteiger partial charge in [-0.1, -0.05) is 0 Å². The van der Waals surface area contributed by atoms with Crippen molar-refractivity contribution in [3.8, 4) is 0 Å². The van der Waals surface area contributed by atoms with Crippen LogP contribution in [-0.4, -0.2) is 42.7 Å². The number of alkyl halides is 1. The molecular weight excluding hydrogens is 327 g/mol. The SMILES string of the molecule is Cl.Cl.O=[N+]([O-])c1ccc(F)c([C@@H](CF)N2CCNCC2)c1. The van der Waals surface area contributed by atoms with Gasteiger partial charge in [-0.3, -0.25) is 15.0 Å². The lowest BCUT2D eigenvalue weighted by Crippen LogP contribution is -2.45. The second-order valence-corrected chi connectivity index (χ2v) is 4.42. The normalized spacial score (nSPS) is 16.5. The summed E-state index contributed by atoms with van der Waals surface area (Å²) in [6.45, 7) is 1.83. The monoisotopic (exact) mass is 343 g/mol. The fourth-order valence-electron chi connectivity index (χ4n) is 2.27. The Labute approximate surface area is 133 Å². The van der Waals surface area contributed by atoms with Gasteiger partial charge in [-0.15, -0.1) is 24.8 Å². The van der Waals surface area contributed by atoms with E-state index in [-0.39, 0.29) is 36.1 Å². The summed E-state index contributed by atoms with van der Waals surface area (Å²) >= 11 is 0. The average molecular weight is 344 g/mol. The zero-order valence-electron chi connectivity index (χ0n) is 11.1. The Morgan fingerprint density at radius 2 is 1.95 bits per heavy atom. The van der Waals surface area contributed by atoms with Gasteiger partial charge in [-0.05, 0) is 6.07 Å². The number of nitrogens with one attached hydrogen (secondary N) is 1. The van der Waals surface area contributed by atoms with Crippen molar-refractivity contribution in [3.63, 3.8) is 0 Å². The Bertz CT molecular complexity index is 474. The van der Waals surface area contributed by atoms with Crippen molar-refractivity contribution in [1.29, 1.82) is 0 Å². The van der Waals surface area contributed by atoms with E-state index in [1.807, 2.05) is 0 Å². The molecule has 1 heterocycles. The van der Waals surface area contributed by atoms with E-state index in [0.29, 0.717) is 26.2 Å². The van der Waals surface area contributed by atoms with E-state index in [1.54, 1.807) is 4.90 Å². The fraction of sp³-hybridized carbons (Fsp3) is 0.500. The molecule has 1 aromatic rings. The topological polar surface area (TPSA) is 58.4 Å². The molecule has 0 unspecified atom stereocenters. The van der Waals surface area contributed by atoms with Crippen molar-refractivity contribution in [2.24, 2.45) is 0 Å². The highest BCUT2D eigenvalue weighted by molar-refractivity contribution is 5.85. The third-order valence-corrected chi connectivity index (χ3v) is 3.29. The van der Waals surface area contributed by atoms with Crippen LogP contribution in [0.4, 0.5) is 14.5 Å². The molecule has 5 nitrogen and oxygen atoms in total. The largest absolute Gasteiger partial charge is 0.314 e. The summed E-state index contributed by atoms with van der Waals surface area (Å²) in [5, 5.41) is 13.8. The molecule has 1 aliphatic heterocycles. The summed E-state index contributed by atoms with van der Waals surface area (Å²) in [5.41, 5.74) is -0.163. The van der Waals surface area contributed by atoms with Crippen molar-refractivity contribution < 1.29 is 13.7 Å². The van der Waals surface area contributed by atoms with Crippen LogP contribution in [0.2, 0.25) is 0 Å². The molecule has 9 heteroatoms. The summed E-state index contributed by atoms with van der Waals surface area (Å²) in [5.74, 6) is -0.605. The lowest BCUT2D eigenvalue weighted by molar-refractivity contribution is -0.385. The first-order valence-electron chi connectivity index (χ1n) is 6.08. The number of nitro benzene ring substituents is 1. The summed E-state index contributed by atoms with van der Waals surface area (Å²) < 4.78 is 27.0. The van der Waals surface area contributed by atoms with Crippen molar-refractivity contribution >= 4 is 30.5 Å². The highest BCUT2D eigenvalue weighted by atomic mass is 35.5. The highest BCUT2D eigenvalue weighted by Crippen LogP contribution is 2.27. The van der Waals surface area contributed by atoms with E-state index in [1.165, 1.54) is 0 Å². The van der Waals surface area contributed by atoms with Crippen LogP contribution in [0.25, 0.3) is 0 Å². The molecule has 120 valence electrons. The van der Waals surface area contributed by atoms with Gasteiger partial charge in [0, 0.05) is 43.9 Å². The minimum Gasteiger partial charge on any atom is -0.314 e. The molecular formula is C12H17Cl2F2N3O2. The lowest BCUT2D eigenvalue weighted by atomic mass is 10.0.